The van der Waals surface area contributed by atoms with Crippen molar-refractivity contribution in [3.05, 3.63) is 0 Å². The van der Waals surface area contributed by atoms with Crippen molar-refractivity contribution < 1.29 is 19.8 Å². The van der Waals surface area contributed by atoms with Crippen LogP contribution in [0.15, 0.2) is 0 Å². The van der Waals surface area contributed by atoms with Gasteiger partial charge in [-0.3, -0.25) is 0 Å². The van der Waals surface area contributed by atoms with Crippen molar-refractivity contribution in [2.75, 3.05) is 6.61 Å². The average molecular weight is 242 g/mol. The highest BCUT2D eigenvalue weighted by Gasteiger charge is 2.42. The van der Waals surface area contributed by atoms with Crippen molar-refractivity contribution >= 4 is 12.0 Å². The summed E-state index contributed by atoms with van der Waals surface area (Å²) in [5, 5.41) is 22.6. The molecule has 2 rings (SSSR count). The lowest BCUT2D eigenvalue weighted by molar-refractivity contribution is -0.140. The Kier molecular flexibility index (Phi) is 3.51. The second kappa shape index (κ2) is 4.91. The summed E-state index contributed by atoms with van der Waals surface area (Å²) in [7, 11) is 0. The molecule has 0 aliphatic heterocycles. The van der Waals surface area contributed by atoms with Crippen LogP contribution in [0, 0.1) is 11.8 Å². The van der Waals surface area contributed by atoms with E-state index in [0.29, 0.717) is 11.8 Å². The molecule has 6 nitrogen and oxygen atoms in total. The third-order valence-electron chi connectivity index (χ3n) is 3.34. The summed E-state index contributed by atoms with van der Waals surface area (Å²) in [6, 6.07) is -1.53. The summed E-state index contributed by atoms with van der Waals surface area (Å²) in [6.45, 7) is -0.597. The zero-order valence-corrected chi connectivity index (χ0v) is 9.56. The summed E-state index contributed by atoms with van der Waals surface area (Å²) in [4.78, 5) is 22.2. The number of carboxylic acids is 1. The van der Waals surface area contributed by atoms with Crippen molar-refractivity contribution in [2.45, 2.75) is 37.8 Å². The number of carbonyl (C=O) groups excluding carboxylic acids is 1. The number of nitrogens with one attached hydrogen (secondary N) is 2. The summed E-state index contributed by atoms with van der Waals surface area (Å²) in [5.74, 6) is -0.103. The van der Waals surface area contributed by atoms with E-state index < -0.39 is 24.6 Å². The van der Waals surface area contributed by atoms with Gasteiger partial charge in [-0.2, -0.15) is 0 Å². The lowest BCUT2D eigenvalue weighted by Crippen LogP contribution is -2.51. The van der Waals surface area contributed by atoms with Crippen LogP contribution >= 0.6 is 0 Å². The lowest BCUT2D eigenvalue weighted by atomic mass is 10.1. The first-order chi connectivity index (χ1) is 8.11. The largest absolute Gasteiger partial charge is 0.480 e. The fourth-order valence-corrected chi connectivity index (χ4v) is 2.07. The molecule has 0 bridgehead atoms. The van der Waals surface area contributed by atoms with E-state index in [2.05, 4.69) is 10.6 Å². The molecule has 1 unspecified atom stereocenters. The van der Waals surface area contributed by atoms with Gasteiger partial charge < -0.3 is 20.8 Å². The third-order valence-corrected chi connectivity index (χ3v) is 3.34. The van der Waals surface area contributed by atoms with Crippen molar-refractivity contribution in [2.24, 2.45) is 11.8 Å². The molecular weight excluding hydrogens is 224 g/mol. The Hall–Kier alpha value is -1.30. The van der Waals surface area contributed by atoms with Gasteiger partial charge in [0.1, 0.15) is 0 Å². The Balaban J connectivity index is 1.80. The molecule has 96 valence electrons. The second-order valence-electron chi connectivity index (χ2n) is 4.89. The molecule has 6 heteroatoms. The van der Waals surface area contributed by atoms with Crippen LogP contribution in [0.3, 0.4) is 0 Å². The fraction of sp³-hybridized carbons (Fsp3) is 0.818. The summed E-state index contributed by atoms with van der Waals surface area (Å²) in [6.07, 6.45) is 4.57. The van der Waals surface area contributed by atoms with E-state index >= 15 is 0 Å². The highest BCUT2D eigenvalue weighted by atomic mass is 16.4. The van der Waals surface area contributed by atoms with Crippen LogP contribution in [0.2, 0.25) is 0 Å². The SMILES string of the molecule is O=C(NC(CO)C(=O)O)NC(C1CC1)C1CC1. The molecule has 4 N–H and O–H groups in total. The minimum atomic E-state index is -1.23. The van der Waals surface area contributed by atoms with Crippen LogP contribution in [0.4, 0.5) is 4.79 Å². The lowest BCUT2D eigenvalue weighted by Gasteiger charge is -2.19. The second-order valence-corrected chi connectivity index (χ2v) is 4.89. The Morgan fingerprint density at radius 2 is 1.65 bits per heavy atom. The molecule has 0 aromatic rings. The molecule has 0 radical (unpaired) electrons. The molecule has 0 aromatic carbocycles. The van der Waals surface area contributed by atoms with E-state index in [1.165, 1.54) is 0 Å². The van der Waals surface area contributed by atoms with Crippen molar-refractivity contribution in [3.8, 4) is 0 Å². The maximum atomic E-state index is 11.6. The topological polar surface area (TPSA) is 98.7 Å². The van der Waals surface area contributed by atoms with Gasteiger partial charge in [-0.1, -0.05) is 0 Å². The summed E-state index contributed by atoms with van der Waals surface area (Å²) in [5.41, 5.74) is 0. The number of aliphatic hydroxyl groups is 1. The normalized spacial score (nSPS) is 21.1. The molecule has 2 amide bonds. The van der Waals surface area contributed by atoms with E-state index in [1.807, 2.05) is 0 Å². The fourth-order valence-electron chi connectivity index (χ4n) is 2.07. The van der Waals surface area contributed by atoms with Crippen LogP contribution in [0.25, 0.3) is 0 Å². The minimum Gasteiger partial charge on any atom is -0.480 e. The maximum Gasteiger partial charge on any atom is 0.328 e. The van der Waals surface area contributed by atoms with Gasteiger partial charge in [0.25, 0.3) is 0 Å². The molecule has 1 atom stereocenters. The molecule has 0 heterocycles. The molecular formula is C11H18N2O4. The number of amides is 2. The molecule has 2 aliphatic carbocycles. The molecule has 2 aliphatic rings. The van der Waals surface area contributed by atoms with Gasteiger partial charge in [0.2, 0.25) is 0 Å². The van der Waals surface area contributed by atoms with E-state index in [9.17, 15) is 9.59 Å². The minimum absolute atomic E-state index is 0.183. The van der Waals surface area contributed by atoms with Gasteiger partial charge in [0, 0.05) is 6.04 Å². The predicted molar refractivity (Wildman–Crippen MR) is 59.4 cm³/mol. The van der Waals surface area contributed by atoms with Crippen LogP contribution in [0.1, 0.15) is 25.7 Å². The van der Waals surface area contributed by atoms with E-state index in [1.54, 1.807) is 0 Å². The van der Waals surface area contributed by atoms with Crippen molar-refractivity contribution in [3.63, 3.8) is 0 Å². The Bertz CT molecular complexity index is 301. The summed E-state index contributed by atoms with van der Waals surface area (Å²) < 4.78 is 0. The Morgan fingerprint density at radius 3 is 2.00 bits per heavy atom. The number of rotatable bonds is 6. The smallest absolute Gasteiger partial charge is 0.328 e. The van der Waals surface area contributed by atoms with Gasteiger partial charge in [0.15, 0.2) is 6.04 Å². The summed E-state index contributed by atoms with van der Waals surface area (Å²) >= 11 is 0. The van der Waals surface area contributed by atoms with Crippen LogP contribution < -0.4 is 10.6 Å². The zero-order valence-electron chi connectivity index (χ0n) is 9.56. The van der Waals surface area contributed by atoms with E-state index in [4.69, 9.17) is 10.2 Å². The monoisotopic (exact) mass is 242 g/mol. The standard InChI is InChI=1S/C11H18N2O4/c14-5-8(10(15)16)12-11(17)13-9(6-1-2-6)7-3-4-7/h6-9,14H,1-5H2,(H,15,16)(H2,12,13,17). The van der Waals surface area contributed by atoms with Crippen LogP contribution in [0.5, 0.6) is 0 Å². The van der Waals surface area contributed by atoms with E-state index in [-0.39, 0.29) is 6.04 Å². The van der Waals surface area contributed by atoms with E-state index in [0.717, 1.165) is 25.7 Å². The zero-order chi connectivity index (χ0) is 12.4. The van der Waals surface area contributed by atoms with Gasteiger partial charge in [-0.15, -0.1) is 0 Å². The van der Waals surface area contributed by atoms with Crippen LogP contribution in [-0.2, 0) is 4.79 Å². The number of hydrogen-bond acceptors (Lipinski definition) is 3. The molecule has 2 saturated carbocycles. The quantitative estimate of drug-likeness (QED) is 0.523. The maximum absolute atomic E-state index is 11.6. The first-order valence-electron chi connectivity index (χ1n) is 6.02. The highest BCUT2D eigenvalue weighted by molar-refractivity contribution is 5.82. The molecule has 0 spiro atoms. The molecule has 2 fully saturated rings. The number of aliphatic hydroxyl groups excluding tert-OH is 1. The number of aliphatic carboxylic acids is 1. The molecule has 0 saturated heterocycles. The Morgan fingerprint density at radius 1 is 1.12 bits per heavy atom. The third kappa shape index (κ3) is 3.33. The van der Waals surface area contributed by atoms with Crippen molar-refractivity contribution in [1.82, 2.24) is 10.6 Å². The molecule has 17 heavy (non-hydrogen) atoms. The van der Waals surface area contributed by atoms with Gasteiger partial charge >= 0.3 is 12.0 Å². The first kappa shape index (κ1) is 12.2. The number of carboxylic acid groups (broad SMARTS) is 1. The number of hydrogen-bond donors (Lipinski definition) is 4. The first-order valence-corrected chi connectivity index (χ1v) is 6.02. The van der Waals surface area contributed by atoms with Gasteiger partial charge in [-0.25, -0.2) is 9.59 Å². The average Bonchev–Trinajstić information content (AvgIpc) is 3.16. The predicted octanol–water partition coefficient (Wildman–Crippen LogP) is -0.0803. The highest BCUT2D eigenvalue weighted by Crippen LogP contribution is 2.44. The Labute approximate surface area is 99.4 Å². The molecule has 0 aromatic heterocycles. The number of carbonyl (C=O) groups is 2. The van der Waals surface area contributed by atoms with Crippen molar-refractivity contribution in [1.29, 1.82) is 0 Å². The van der Waals surface area contributed by atoms with Crippen LogP contribution in [-0.4, -0.2) is 40.9 Å². The number of urea groups is 1. The van der Waals surface area contributed by atoms with Gasteiger partial charge in [-0.05, 0) is 37.5 Å². The van der Waals surface area contributed by atoms with Gasteiger partial charge in [0.05, 0.1) is 6.61 Å².